The van der Waals surface area contributed by atoms with E-state index in [1.165, 1.54) is 43.7 Å². The van der Waals surface area contributed by atoms with Crippen molar-refractivity contribution in [3.8, 4) is 17.0 Å². The maximum absolute atomic E-state index is 13.5. The number of aromatic nitrogens is 5. The average Bonchev–Trinajstić information content (AvgIpc) is 3.60. The fraction of sp³-hybridized carbons (Fsp3) is 0.214. The summed E-state index contributed by atoms with van der Waals surface area (Å²) in [5.41, 5.74) is 0.876. The number of carbonyl (C=O) groups excluding carboxylic acids is 2. The van der Waals surface area contributed by atoms with Gasteiger partial charge in [-0.25, -0.2) is 14.3 Å². The molecular weight excluding hydrogens is 566 g/mol. The van der Waals surface area contributed by atoms with Gasteiger partial charge in [-0.1, -0.05) is 24.3 Å². The predicted molar refractivity (Wildman–Crippen MR) is 149 cm³/mol. The first-order valence-electron chi connectivity index (χ1n) is 13.2. The van der Waals surface area contributed by atoms with Crippen molar-refractivity contribution in [3.63, 3.8) is 0 Å². The van der Waals surface area contributed by atoms with Gasteiger partial charge in [-0.05, 0) is 29.0 Å². The smallest absolute Gasteiger partial charge is 0.407 e. The third kappa shape index (κ3) is 5.64. The number of hydrogen-bond acceptors (Lipinski definition) is 7. The van der Waals surface area contributed by atoms with Gasteiger partial charge in [-0.15, -0.1) is 0 Å². The number of alkyl halides is 2. The molecule has 0 saturated carbocycles. The number of fused-ring (bicyclic) bond motifs is 2. The van der Waals surface area contributed by atoms with E-state index < -0.39 is 18.6 Å². The fourth-order valence-electron chi connectivity index (χ4n) is 4.95. The molecule has 0 atom stereocenters. The maximum atomic E-state index is 13.5. The number of piperazine rings is 1. The lowest BCUT2D eigenvalue weighted by molar-refractivity contribution is -0.133. The molecular formula is C28H24F2N8O5. The highest BCUT2D eigenvalue weighted by molar-refractivity contribution is 6.09. The number of hydrogen-bond donors (Lipinski definition) is 2. The summed E-state index contributed by atoms with van der Waals surface area (Å²) < 4.78 is 34.6. The highest BCUT2D eigenvalue weighted by Crippen LogP contribution is 2.38. The minimum absolute atomic E-state index is 0.0997. The van der Waals surface area contributed by atoms with E-state index in [-0.39, 0.29) is 66.9 Å². The molecule has 1 aliphatic rings. The Morgan fingerprint density at radius 1 is 1.02 bits per heavy atom. The quantitative estimate of drug-likeness (QED) is 0.293. The van der Waals surface area contributed by atoms with E-state index in [0.29, 0.717) is 16.4 Å². The van der Waals surface area contributed by atoms with E-state index in [0.717, 1.165) is 0 Å². The lowest BCUT2D eigenvalue weighted by Crippen LogP contribution is -2.51. The van der Waals surface area contributed by atoms with Crippen LogP contribution in [0.5, 0.6) is 5.75 Å². The first-order chi connectivity index (χ1) is 20.8. The molecule has 13 nitrogen and oxygen atoms in total. The van der Waals surface area contributed by atoms with Crippen molar-refractivity contribution in [1.29, 1.82) is 0 Å². The van der Waals surface area contributed by atoms with E-state index in [1.54, 1.807) is 42.6 Å². The second kappa shape index (κ2) is 11.3. The number of amides is 3. The monoisotopic (exact) mass is 590 g/mol. The molecule has 3 amide bonds. The molecule has 1 saturated heterocycles. The van der Waals surface area contributed by atoms with Gasteiger partial charge in [0.05, 0.1) is 11.9 Å². The number of anilines is 1. The molecule has 0 aliphatic carbocycles. The third-order valence-electron chi connectivity index (χ3n) is 7.05. The summed E-state index contributed by atoms with van der Waals surface area (Å²) in [5, 5.41) is 22.0. The molecule has 2 aromatic carbocycles. The third-order valence-corrected chi connectivity index (χ3v) is 7.05. The highest BCUT2D eigenvalue weighted by atomic mass is 19.3. The maximum Gasteiger partial charge on any atom is 0.407 e. The van der Waals surface area contributed by atoms with Crippen LogP contribution in [0.2, 0.25) is 0 Å². The van der Waals surface area contributed by atoms with Crippen LogP contribution in [0.25, 0.3) is 27.7 Å². The van der Waals surface area contributed by atoms with Crippen molar-refractivity contribution in [2.24, 2.45) is 0 Å². The summed E-state index contributed by atoms with van der Waals surface area (Å²) in [6, 6.07) is 11.9. The molecule has 6 rings (SSSR count). The average molecular weight is 591 g/mol. The van der Waals surface area contributed by atoms with Crippen LogP contribution in [-0.4, -0.2) is 90.0 Å². The van der Waals surface area contributed by atoms with Gasteiger partial charge in [0, 0.05) is 50.3 Å². The fourth-order valence-corrected chi connectivity index (χ4v) is 4.95. The molecule has 0 radical (unpaired) electrons. The van der Waals surface area contributed by atoms with E-state index in [9.17, 15) is 28.3 Å². The van der Waals surface area contributed by atoms with Crippen LogP contribution in [0.15, 0.2) is 67.3 Å². The number of carboxylic acid groups (broad SMARTS) is 1. The Morgan fingerprint density at radius 2 is 1.74 bits per heavy atom. The summed E-state index contributed by atoms with van der Waals surface area (Å²) >= 11 is 0. The lowest BCUT2D eigenvalue weighted by atomic mass is 10.0. The van der Waals surface area contributed by atoms with Gasteiger partial charge in [0.25, 0.3) is 5.91 Å². The Hall–Kier alpha value is -5.60. The molecule has 4 heterocycles. The van der Waals surface area contributed by atoms with E-state index in [4.69, 9.17) is 4.74 Å². The number of rotatable bonds is 7. The SMILES string of the molecule is O=C(Nc1cn(CC(=O)N2CCN(C(=O)O)CC2)nc1-c1cc2ccccc2cc1OC(F)F)c1cnn2cccnc12. The number of benzene rings is 2. The summed E-state index contributed by atoms with van der Waals surface area (Å²) in [4.78, 5) is 44.7. The molecule has 0 spiro atoms. The summed E-state index contributed by atoms with van der Waals surface area (Å²) in [6.07, 6.45) is 4.88. The highest BCUT2D eigenvalue weighted by Gasteiger charge is 2.26. The molecule has 220 valence electrons. The van der Waals surface area contributed by atoms with Crippen LogP contribution in [-0.2, 0) is 11.3 Å². The van der Waals surface area contributed by atoms with Crippen LogP contribution in [0, 0.1) is 0 Å². The van der Waals surface area contributed by atoms with Crippen molar-refractivity contribution in [2.45, 2.75) is 13.2 Å². The normalized spacial score (nSPS) is 13.6. The molecule has 2 N–H and O–H groups in total. The number of nitrogens with zero attached hydrogens (tertiary/aromatic N) is 7. The Bertz CT molecular complexity index is 1850. The van der Waals surface area contributed by atoms with Gasteiger partial charge in [-0.2, -0.15) is 19.0 Å². The van der Waals surface area contributed by atoms with Gasteiger partial charge < -0.3 is 25.0 Å². The topological polar surface area (TPSA) is 147 Å². The first-order valence-corrected chi connectivity index (χ1v) is 13.2. The van der Waals surface area contributed by atoms with Crippen molar-refractivity contribution in [1.82, 2.24) is 34.2 Å². The molecule has 0 bridgehead atoms. The largest absolute Gasteiger partial charge is 0.465 e. The Kier molecular flexibility index (Phi) is 7.27. The van der Waals surface area contributed by atoms with E-state index in [2.05, 4.69) is 20.5 Å². The zero-order valence-corrected chi connectivity index (χ0v) is 22.4. The summed E-state index contributed by atoms with van der Waals surface area (Å²) in [5.74, 6) is -1.07. The molecule has 3 aromatic heterocycles. The van der Waals surface area contributed by atoms with Crippen LogP contribution >= 0.6 is 0 Å². The molecule has 5 aromatic rings. The van der Waals surface area contributed by atoms with Crippen LogP contribution < -0.4 is 10.1 Å². The predicted octanol–water partition coefficient (Wildman–Crippen LogP) is 3.42. The molecule has 15 heteroatoms. The number of nitrogens with one attached hydrogen (secondary N) is 1. The Balaban J connectivity index is 1.37. The van der Waals surface area contributed by atoms with E-state index >= 15 is 0 Å². The summed E-state index contributed by atoms with van der Waals surface area (Å²) in [7, 11) is 0. The van der Waals surface area contributed by atoms with Gasteiger partial charge in [0.2, 0.25) is 5.91 Å². The van der Waals surface area contributed by atoms with Crippen molar-refractivity contribution >= 4 is 40.0 Å². The minimum atomic E-state index is -3.13. The van der Waals surface area contributed by atoms with Gasteiger partial charge >= 0.3 is 12.7 Å². The van der Waals surface area contributed by atoms with Crippen LogP contribution in [0.1, 0.15) is 10.4 Å². The number of ether oxygens (including phenoxy) is 1. The Labute approximate surface area is 241 Å². The van der Waals surface area contributed by atoms with Gasteiger partial charge in [-0.3, -0.25) is 14.3 Å². The zero-order valence-electron chi connectivity index (χ0n) is 22.4. The molecule has 43 heavy (non-hydrogen) atoms. The second-order valence-electron chi connectivity index (χ2n) is 9.71. The van der Waals surface area contributed by atoms with Crippen molar-refractivity contribution < 1.29 is 33.0 Å². The Morgan fingerprint density at radius 3 is 2.47 bits per heavy atom. The number of carbonyl (C=O) groups is 3. The van der Waals surface area contributed by atoms with Gasteiger partial charge in [0.15, 0.2) is 5.65 Å². The van der Waals surface area contributed by atoms with Crippen LogP contribution in [0.3, 0.4) is 0 Å². The zero-order chi connectivity index (χ0) is 30.1. The standard InChI is InChI=1S/C28H24F2N8O5/c29-27(30)43-22-13-18-5-2-1-4-17(18)12-19(22)24-21(33-26(40)20-14-32-38-7-3-6-31-25(20)38)15-37(34-24)16-23(39)35-8-10-36(11-9-35)28(41)42/h1-7,12-15,27H,8-11,16H2,(H,33,40)(H,41,42). The minimum Gasteiger partial charge on any atom is -0.465 e. The number of halogens is 2. The molecule has 0 unspecified atom stereocenters. The molecule has 1 aliphatic heterocycles. The van der Waals surface area contributed by atoms with Gasteiger partial charge in [0.1, 0.15) is 23.6 Å². The van der Waals surface area contributed by atoms with Crippen molar-refractivity contribution in [2.75, 3.05) is 31.5 Å². The molecule has 1 fully saturated rings. The second-order valence-corrected chi connectivity index (χ2v) is 9.71. The first kappa shape index (κ1) is 27.6. The van der Waals surface area contributed by atoms with Crippen molar-refractivity contribution in [3.05, 3.63) is 72.8 Å². The lowest BCUT2D eigenvalue weighted by Gasteiger charge is -2.33. The van der Waals surface area contributed by atoms with E-state index in [1.807, 2.05) is 0 Å². The summed E-state index contributed by atoms with van der Waals surface area (Å²) in [6.45, 7) is -2.61. The van der Waals surface area contributed by atoms with Crippen LogP contribution in [0.4, 0.5) is 19.3 Å².